The summed E-state index contributed by atoms with van der Waals surface area (Å²) in [5, 5.41) is 9.11. The molecule has 1 atom stereocenters. The SMILES string of the molecule is CC(CO)Cn1c(=O)n(CC(F)F)c2ccc(Br)cc21. The molecule has 0 aliphatic rings. The summed E-state index contributed by atoms with van der Waals surface area (Å²) in [6.07, 6.45) is -2.59. The number of nitrogens with zero attached hydrogens (tertiary/aromatic N) is 2. The second-order valence-corrected chi connectivity index (χ2v) is 5.73. The lowest BCUT2D eigenvalue weighted by Crippen LogP contribution is -2.28. The third kappa shape index (κ3) is 2.93. The van der Waals surface area contributed by atoms with Gasteiger partial charge in [-0.25, -0.2) is 13.6 Å². The van der Waals surface area contributed by atoms with E-state index in [0.717, 1.165) is 9.04 Å². The van der Waals surface area contributed by atoms with Gasteiger partial charge < -0.3 is 5.11 Å². The van der Waals surface area contributed by atoms with Crippen LogP contribution in [-0.4, -0.2) is 27.3 Å². The molecule has 0 fully saturated rings. The highest BCUT2D eigenvalue weighted by Gasteiger charge is 2.17. The summed E-state index contributed by atoms with van der Waals surface area (Å²) in [5.74, 6) is -0.128. The number of fused-ring (bicyclic) bond motifs is 1. The van der Waals surface area contributed by atoms with Crippen molar-refractivity contribution in [2.45, 2.75) is 26.4 Å². The summed E-state index contributed by atoms with van der Waals surface area (Å²) < 4.78 is 28.5. The first-order valence-corrected chi connectivity index (χ1v) is 7.01. The first-order valence-electron chi connectivity index (χ1n) is 6.21. The van der Waals surface area contributed by atoms with Crippen LogP contribution in [0, 0.1) is 5.92 Å². The molecule has 0 aliphatic heterocycles. The molecule has 0 bridgehead atoms. The minimum atomic E-state index is -2.59. The van der Waals surface area contributed by atoms with Crippen molar-refractivity contribution in [1.82, 2.24) is 9.13 Å². The Morgan fingerprint density at radius 3 is 2.50 bits per heavy atom. The molecular weight excluding hydrogens is 334 g/mol. The normalized spacial score (nSPS) is 13.3. The lowest BCUT2D eigenvalue weighted by atomic mass is 10.2. The van der Waals surface area contributed by atoms with E-state index in [2.05, 4.69) is 15.9 Å². The second kappa shape index (κ2) is 6.05. The molecular formula is C13H15BrF2N2O2. The second-order valence-electron chi connectivity index (χ2n) is 4.82. The van der Waals surface area contributed by atoms with Crippen molar-refractivity contribution in [2.24, 2.45) is 5.92 Å². The van der Waals surface area contributed by atoms with E-state index in [-0.39, 0.29) is 12.5 Å². The molecule has 2 aromatic rings. The van der Waals surface area contributed by atoms with Gasteiger partial charge in [0.1, 0.15) is 0 Å². The molecule has 0 radical (unpaired) electrons. The molecule has 0 saturated carbocycles. The summed E-state index contributed by atoms with van der Waals surface area (Å²) in [7, 11) is 0. The monoisotopic (exact) mass is 348 g/mol. The fraction of sp³-hybridized carbons (Fsp3) is 0.462. The Labute approximate surface area is 122 Å². The van der Waals surface area contributed by atoms with Crippen LogP contribution in [0.5, 0.6) is 0 Å². The van der Waals surface area contributed by atoms with Crippen LogP contribution in [0.3, 0.4) is 0 Å². The van der Waals surface area contributed by atoms with Gasteiger partial charge in [-0.1, -0.05) is 22.9 Å². The van der Waals surface area contributed by atoms with Gasteiger partial charge in [0.2, 0.25) is 0 Å². The maximum absolute atomic E-state index is 12.6. The van der Waals surface area contributed by atoms with Crippen LogP contribution in [0.25, 0.3) is 11.0 Å². The van der Waals surface area contributed by atoms with Crippen LogP contribution >= 0.6 is 15.9 Å². The summed E-state index contributed by atoms with van der Waals surface area (Å²) in [5.41, 5.74) is 0.590. The zero-order chi connectivity index (χ0) is 14.9. The van der Waals surface area contributed by atoms with Gasteiger partial charge in [-0.2, -0.15) is 0 Å². The lowest BCUT2D eigenvalue weighted by Gasteiger charge is -2.08. The smallest absolute Gasteiger partial charge is 0.329 e. The first kappa shape index (κ1) is 15.2. The van der Waals surface area contributed by atoms with E-state index >= 15 is 0 Å². The van der Waals surface area contributed by atoms with Crippen LogP contribution in [0.4, 0.5) is 8.78 Å². The van der Waals surface area contributed by atoms with E-state index in [9.17, 15) is 13.6 Å². The van der Waals surface area contributed by atoms with Crippen molar-refractivity contribution in [3.63, 3.8) is 0 Å². The molecule has 7 heteroatoms. The van der Waals surface area contributed by atoms with Crippen LogP contribution in [0.2, 0.25) is 0 Å². The maximum Gasteiger partial charge on any atom is 0.329 e. The van der Waals surface area contributed by atoms with Gasteiger partial charge >= 0.3 is 5.69 Å². The molecule has 1 heterocycles. The Balaban J connectivity index is 2.63. The number of imidazole rings is 1. The number of aromatic nitrogens is 2. The Morgan fingerprint density at radius 1 is 1.25 bits per heavy atom. The Morgan fingerprint density at radius 2 is 1.90 bits per heavy atom. The number of aliphatic hydroxyl groups is 1. The zero-order valence-corrected chi connectivity index (χ0v) is 12.5. The minimum absolute atomic E-state index is 0.0675. The predicted octanol–water partition coefficient (Wildman–Crippen LogP) is 2.46. The molecule has 0 aliphatic carbocycles. The number of benzene rings is 1. The van der Waals surface area contributed by atoms with Crippen LogP contribution in [0.15, 0.2) is 27.5 Å². The maximum atomic E-state index is 12.6. The summed E-state index contributed by atoms with van der Waals surface area (Å²) >= 11 is 3.31. The van der Waals surface area contributed by atoms with Crippen molar-refractivity contribution in [1.29, 1.82) is 0 Å². The van der Waals surface area contributed by atoms with E-state index in [1.165, 1.54) is 4.57 Å². The van der Waals surface area contributed by atoms with E-state index in [4.69, 9.17) is 5.11 Å². The van der Waals surface area contributed by atoms with Gasteiger partial charge in [-0.15, -0.1) is 0 Å². The predicted molar refractivity (Wildman–Crippen MR) is 76.2 cm³/mol. The van der Waals surface area contributed by atoms with Crippen LogP contribution in [-0.2, 0) is 13.1 Å². The van der Waals surface area contributed by atoms with E-state index in [1.807, 2.05) is 0 Å². The number of rotatable bonds is 5. The number of hydrogen-bond donors (Lipinski definition) is 1. The molecule has 1 aromatic heterocycles. The van der Waals surface area contributed by atoms with Gasteiger partial charge in [-0.05, 0) is 24.1 Å². The lowest BCUT2D eigenvalue weighted by molar-refractivity contribution is 0.126. The molecule has 0 saturated heterocycles. The molecule has 1 N–H and O–H groups in total. The number of halogens is 3. The third-order valence-corrected chi connectivity index (χ3v) is 3.60. The Bertz CT molecular complexity index is 666. The fourth-order valence-electron chi connectivity index (χ4n) is 2.15. The average molecular weight is 349 g/mol. The number of hydrogen-bond acceptors (Lipinski definition) is 2. The van der Waals surface area contributed by atoms with Gasteiger partial charge in [0.05, 0.1) is 17.6 Å². The van der Waals surface area contributed by atoms with Crippen LogP contribution < -0.4 is 5.69 Å². The van der Waals surface area contributed by atoms with E-state index in [1.54, 1.807) is 25.1 Å². The summed E-state index contributed by atoms with van der Waals surface area (Å²) in [6.45, 7) is 1.39. The van der Waals surface area contributed by atoms with Crippen molar-refractivity contribution >= 4 is 27.0 Å². The first-order chi connectivity index (χ1) is 9.43. The standard InChI is InChI=1S/C13H15BrF2N2O2/c1-8(7-19)5-17-11-4-9(14)2-3-10(11)18(13(17)20)6-12(15)16/h2-4,8,12,19H,5-7H2,1H3. The molecule has 110 valence electrons. The molecule has 2 rings (SSSR count). The van der Waals surface area contributed by atoms with E-state index < -0.39 is 18.7 Å². The Hall–Kier alpha value is -1.21. The number of aliphatic hydroxyl groups excluding tert-OH is 1. The van der Waals surface area contributed by atoms with Gasteiger partial charge in [0, 0.05) is 17.6 Å². The quantitative estimate of drug-likeness (QED) is 0.902. The zero-order valence-electron chi connectivity index (χ0n) is 10.9. The fourth-order valence-corrected chi connectivity index (χ4v) is 2.50. The molecule has 20 heavy (non-hydrogen) atoms. The molecule has 4 nitrogen and oxygen atoms in total. The topological polar surface area (TPSA) is 47.2 Å². The highest BCUT2D eigenvalue weighted by Crippen LogP contribution is 2.20. The summed E-state index contributed by atoms with van der Waals surface area (Å²) in [4.78, 5) is 12.3. The van der Waals surface area contributed by atoms with Gasteiger partial charge in [0.15, 0.2) is 0 Å². The average Bonchev–Trinajstić information content (AvgIpc) is 2.63. The molecule has 0 spiro atoms. The molecule has 1 unspecified atom stereocenters. The highest BCUT2D eigenvalue weighted by molar-refractivity contribution is 9.10. The van der Waals surface area contributed by atoms with Gasteiger partial charge in [-0.3, -0.25) is 9.13 Å². The van der Waals surface area contributed by atoms with Crippen LogP contribution in [0.1, 0.15) is 6.92 Å². The largest absolute Gasteiger partial charge is 0.396 e. The summed E-state index contributed by atoms with van der Waals surface area (Å²) in [6, 6.07) is 5.08. The van der Waals surface area contributed by atoms with Crippen molar-refractivity contribution in [3.05, 3.63) is 33.2 Å². The van der Waals surface area contributed by atoms with Crippen molar-refractivity contribution in [3.8, 4) is 0 Å². The number of alkyl halides is 2. The Kier molecular flexibility index (Phi) is 4.59. The van der Waals surface area contributed by atoms with Crippen molar-refractivity contribution < 1.29 is 13.9 Å². The minimum Gasteiger partial charge on any atom is -0.396 e. The highest BCUT2D eigenvalue weighted by atomic mass is 79.9. The van der Waals surface area contributed by atoms with Crippen molar-refractivity contribution in [2.75, 3.05) is 6.61 Å². The molecule has 0 amide bonds. The van der Waals surface area contributed by atoms with Gasteiger partial charge in [0.25, 0.3) is 6.43 Å². The molecule has 1 aromatic carbocycles. The van der Waals surface area contributed by atoms with E-state index in [0.29, 0.717) is 17.6 Å². The third-order valence-electron chi connectivity index (χ3n) is 3.11.